The zero-order chi connectivity index (χ0) is 8.85. The highest BCUT2D eigenvalue weighted by atomic mass is 14.9. The Kier molecular flexibility index (Phi) is 4.18. The van der Waals surface area contributed by atoms with Gasteiger partial charge in [0, 0.05) is 11.8 Å². The first-order valence-corrected chi connectivity index (χ1v) is 3.76. The van der Waals surface area contributed by atoms with Crippen LogP contribution in [0.2, 0.25) is 0 Å². The highest BCUT2D eigenvalue weighted by Crippen LogP contribution is 2.02. The summed E-state index contributed by atoms with van der Waals surface area (Å²) < 4.78 is 0. The van der Waals surface area contributed by atoms with Crippen LogP contribution in [0.4, 0.5) is 5.82 Å². The highest BCUT2D eigenvalue weighted by molar-refractivity contribution is 5.35. The van der Waals surface area contributed by atoms with E-state index in [1.807, 2.05) is 27.7 Å². The maximum absolute atomic E-state index is 5.47. The predicted octanol–water partition coefficient (Wildman–Crippen LogP) is 1.70. The standard InChI is InChI=1S/C6H9N3.C2H6/c1-4-3-8-5(2)9-6(4)7;1-2/h3H,1-2H3,(H2,7,8,9);1-2H3. The van der Waals surface area contributed by atoms with Crippen molar-refractivity contribution in [3.8, 4) is 0 Å². The second-order valence-electron chi connectivity index (χ2n) is 1.99. The van der Waals surface area contributed by atoms with Crippen LogP contribution in [-0.2, 0) is 0 Å². The number of aromatic nitrogens is 2. The largest absolute Gasteiger partial charge is 0.383 e. The first-order valence-electron chi connectivity index (χ1n) is 3.76. The molecule has 62 valence electrons. The van der Waals surface area contributed by atoms with E-state index in [9.17, 15) is 0 Å². The zero-order valence-corrected chi connectivity index (χ0v) is 7.55. The maximum atomic E-state index is 5.47. The Bertz CT molecular complexity index is 221. The topological polar surface area (TPSA) is 51.8 Å². The van der Waals surface area contributed by atoms with Crippen LogP contribution in [0.15, 0.2) is 6.20 Å². The zero-order valence-electron chi connectivity index (χ0n) is 7.55. The summed E-state index contributed by atoms with van der Waals surface area (Å²) >= 11 is 0. The van der Waals surface area contributed by atoms with Gasteiger partial charge in [-0.1, -0.05) is 13.8 Å². The Labute approximate surface area is 67.7 Å². The quantitative estimate of drug-likeness (QED) is 0.617. The van der Waals surface area contributed by atoms with Gasteiger partial charge in [0.05, 0.1) is 0 Å². The van der Waals surface area contributed by atoms with Crippen molar-refractivity contribution in [3.05, 3.63) is 17.6 Å². The molecule has 0 aliphatic heterocycles. The summed E-state index contributed by atoms with van der Waals surface area (Å²) in [6.45, 7) is 7.70. The van der Waals surface area contributed by atoms with Crippen LogP contribution in [0, 0.1) is 13.8 Å². The van der Waals surface area contributed by atoms with Gasteiger partial charge in [0.1, 0.15) is 11.6 Å². The fourth-order valence-corrected chi connectivity index (χ4v) is 0.548. The van der Waals surface area contributed by atoms with Crippen molar-refractivity contribution < 1.29 is 0 Å². The van der Waals surface area contributed by atoms with Crippen LogP contribution in [0.5, 0.6) is 0 Å². The van der Waals surface area contributed by atoms with Gasteiger partial charge in [0.2, 0.25) is 0 Å². The molecule has 0 saturated carbocycles. The Morgan fingerprint density at radius 1 is 1.27 bits per heavy atom. The van der Waals surface area contributed by atoms with E-state index in [1.165, 1.54) is 0 Å². The number of anilines is 1. The molecular weight excluding hydrogens is 138 g/mol. The molecule has 0 unspecified atom stereocenters. The first kappa shape index (κ1) is 9.88. The van der Waals surface area contributed by atoms with E-state index in [2.05, 4.69) is 9.97 Å². The molecule has 0 fully saturated rings. The van der Waals surface area contributed by atoms with Gasteiger partial charge in [-0.25, -0.2) is 9.97 Å². The summed E-state index contributed by atoms with van der Waals surface area (Å²) in [5.41, 5.74) is 6.40. The van der Waals surface area contributed by atoms with E-state index < -0.39 is 0 Å². The van der Waals surface area contributed by atoms with Crippen LogP contribution in [0.1, 0.15) is 25.2 Å². The minimum Gasteiger partial charge on any atom is -0.383 e. The van der Waals surface area contributed by atoms with Crippen LogP contribution >= 0.6 is 0 Å². The molecule has 1 aromatic rings. The number of nitrogen functional groups attached to an aromatic ring is 1. The summed E-state index contributed by atoms with van der Waals surface area (Å²) in [5, 5.41) is 0. The molecule has 0 saturated heterocycles. The summed E-state index contributed by atoms with van der Waals surface area (Å²) in [4.78, 5) is 7.89. The van der Waals surface area contributed by atoms with Gasteiger partial charge in [-0.2, -0.15) is 0 Å². The molecule has 3 heteroatoms. The number of rotatable bonds is 0. The average molecular weight is 153 g/mol. The van der Waals surface area contributed by atoms with Gasteiger partial charge in [-0.05, 0) is 13.8 Å². The fourth-order valence-electron chi connectivity index (χ4n) is 0.548. The SMILES string of the molecule is CC.Cc1ncc(C)c(N)n1. The van der Waals surface area contributed by atoms with Crippen LogP contribution in [0.25, 0.3) is 0 Å². The van der Waals surface area contributed by atoms with Crippen molar-refractivity contribution in [2.75, 3.05) is 5.73 Å². The van der Waals surface area contributed by atoms with E-state index in [1.54, 1.807) is 6.20 Å². The lowest BCUT2D eigenvalue weighted by atomic mass is 10.3. The number of hydrogen-bond donors (Lipinski definition) is 1. The van der Waals surface area contributed by atoms with Crippen LogP contribution < -0.4 is 5.73 Å². The van der Waals surface area contributed by atoms with E-state index in [0.717, 1.165) is 11.4 Å². The molecule has 1 heterocycles. The number of nitrogens with two attached hydrogens (primary N) is 1. The lowest BCUT2D eigenvalue weighted by Crippen LogP contribution is -1.97. The van der Waals surface area contributed by atoms with Gasteiger partial charge >= 0.3 is 0 Å². The Balaban J connectivity index is 0.000000461. The maximum Gasteiger partial charge on any atom is 0.129 e. The van der Waals surface area contributed by atoms with Gasteiger partial charge in [0.15, 0.2) is 0 Å². The van der Waals surface area contributed by atoms with E-state index in [-0.39, 0.29) is 0 Å². The smallest absolute Gasteiger partial charge is 0.129 e. The van der Waals surface area contributed by atoms with Crippen molar-refractivity contribution in [1.29, 1.82) is 0 Å². The molecule has 0 atom stereocenters. The molecule has 0 bridgehead atoms. The minimum atomic E-state index is 0.572. The lowest BCUT2D eigenvalue weighted by Gasteiger charge is -1.96. The Morgan fingerprint density at radius 3 is 2.18 bits per heavy atom. The van der Waals surface area contributed by atoms with Crippen LogP contribution in [0.3, 0.4) is 0 Å². The second-order valence-corrected chi connectivity index (χ2v) is 1.99. The molecule has 3 nitrogen and oxygen atoms in total. The molecule has 11 heavy (non-hydrogen) atoms. The molecular formula is C8H15N3. The minimum absolute atomic E-state index is 0.572. The molecule has 0 amide bonds. The molecule has 1 aromatic heterocycles. The van der Waals surface area contributed by atoms with E-state index in [0.29, 0.717) is 5.82 Å². The normalized spacial score (nSPS) is 8.36. The molecule has 0 aromatic carbocycles. The molecule has 2 N–H and O–H groups in total. The fraction of sp³-hybridized carbons (Fsp3) is 0.500. The monoisotopic (exact) mass is 153 g/mol. The summed E-state index contributed by atoms with van der Waals surface area (Å²) in [5.74, 6) is 1.29. The Morgan fingerprint density at radius 2 is 1.82 bits per heavy atom. The number of hydrogen-bond acceptors (Lipinski definition) is 3. The van der Waals surface area contributed by atoms with E-state index in [4.69, 9.17) is 5.73 Å². The highest BCUT2D eigenvalue weighted by Gasteiger charge is 1.92. The first-order chi connectivity index (χ1) is 5.20. The van der Waals surface area contributed by atoms with Crippen molar-refractivity contribution in [1.82, 2.24) is 9.97 Å². The van der Waals surface area contributed by atoms with Crippen molar-refractivity contribution in [2.45, 2.75) is 27.7 Å². The van der Waals surface area contributed by atoms with Gasteiger partial charge in [0.25, 0.3) is 0 Å². The summed E-state index contributed by atoms with van der Waals surface area (Å²) in [6.07, 6.45) is 1.72. The van der Waals surface area contributed by atoms with Gasteiger partial charge in [-0.3, -0.25) is 0 Å². The van der Waals surface area contributed by atoms with Crippen molar-refractivity contribution in [3.63, 3.8) is 0 Å². The molecule has 0 aliphatic rings. The van der Waals surface area contributed by atoms with Gasteiger partial charge in [-0.15, -0.1) is 0 Å². The Hall–Kier alpha value is -1.12. The van der Waals surface area contributed by atoms with Crippen molar-refractivity contribution >= 4 is 5.82 Å². The number of nitrogens with zero attached hydrogens (tertiary/aromatic N) is 2. The third kappa shape index (κ3) is 2.98. The third-order valence-electron chi connectivity index (χ3n) is 1.13. The van der Waals surface area contributed by atoms with Crippen molar-refractivity contribution in [2.24, 2.45) is 0 Å². The van der Waals surface area contributed by atoms with Gasteiger partial charge < -0.3 is 5.73 Å². The lowest BCUT2D eigenvalue weighted by molar-refractivity contribution is 1.04. The molecule has 0 aliphatic carbocycles. The molecule has 0 spiro atoms. The summed E-state index contributed by atoms with van der Waals surface area (Å²) in [7, 11) is 0. The predicted molar refractivity (Wildman–Crippen MR) is 47.3 cm³/mol. The molecule has 1 rings (SSSR count). The molecule has 0 radical (unpaired) electrons. The third-order valence-corrected chi connectivity index (χ3v) is 1.13. The number of aryl methyl sites for hydroxylation is 2. The van der Waals surface area contributed by atoms with Crippen LogP contribution in [-0.4, -0.2) is 9.97 Å². The van der Waals surface area contributed by atoms with E-state index >= 15 is 0 Å². The average Bonchev–Trinajstić information content (AvgIpc) is 2.02. The second kappa shape index (κ2) is 4.66. The summed E-state index contributed by atoms with van der Waals surface area (Å²) in [6, 6.07) is 0.